The van der Waals surface area contributed by atoms with E-state index in [4.69, 9.17) is 4.74 Å². The normalized spacial score (nSPS) is 13.5. The molecule has 1 aromatic rings. The van der Waals surface area contributed by atoms with Crippen molar-refractivity contribution in [2.24, 2.45) is 0 Å². The Balaban J connectivity index is 3.18. The average molecular weight is 247 g/mol. The molecular weight excluding hydrogens is 231 g/mol. The number of nitrogens with one attached hydrogen (secondary N) is 1. The fourth-order valence-corrected chi connectivity index (χ4v) is 1.71. The SMILES string of the molecule is CNCC(c1ccc(C)cc1OC)C(F)(F)F. The van der Waals surface area contributed by atoms with Gasteiger partial charge in [-0.15, -0.1) is 0 Å². The minimum absolute atomic E-state index is 0.164. The van der Waals surface area contributed by atoms with Crippen LogP contribution in [0.15, 0.2) is 18.2 Å². The van der Waals surface area contributed by atoms with Crippen molar-refractivity contribution in [1.29, 1.82) is 0 Å². The number of ether oxygens (including phenoxy) is 1. The molecule has 0 aliphatic rings. The summed E-state index contributed by atoms with van der Waals surface area (Å²) in [6.07, 6.45) is -4.29. The predicted molar refractivity (Wildman–Crippen MR) is 60.5 cm³/mol. The van der Waals surface area contributed by atoms with E-state index in [-0.39, 0.29) is 17.9 Å². The molecule has 0 aromatic heterocycles. The Kier molecular flexibility index (Phi) is 4.40. The zero-order chi connectivity index (χ0) is 13.1. The third kappa shape index (κ3) is 3.36. The van der Waals surface area contributed by atoms with Gasteiger partial charge in [0.1, 0.15) is 5.75 Å². The summed E-state index contributed by atoms with van der Waals surface area (Å²) in [4.78, 5) is 0. The standard InChI is InChI=1S/C12H16F3NO/c1-8-4-5-9(11(6-8)17-3)10(7-16-2)12(13,14)15/h4-6,10,16H,7H2,1-3H3. The molecule has 0 heterocycles. The Hall–Kier alpha value is -1.23. The van der Waals surface area contributed by atoms with E-state index in [9.17, 15) is 13.2 Å². The quantitative estimate of drug-likeness (QED) is 0.883. The minimum Gasteiger partial charge on any atom is -0.496 e. The van der Waals surface area contributed by atoms with Crippen molar-refractivity contribution in [1.82, 2.24) is 5.32 Å². The Morgan fingerprint density at radius 1 is 1.35 bits per heavy atom. The Morgan fingerprint density at radius 3 is 2.47 bits per heavy atom. The van der Waals surface area contributed by atoms with Gasteiger partial charge >= 0.3 is 6.18 Å². The summed E-state index contributed by atoms with van der Waals surface area (Å²) in [5, 5.41) is 2.56. The number of halogens is 3. The summed E-state index contributed by atoms with van der Waals surface area (Å²) in [7, 11) is 2.88. The molecule has 1 atom stereocenters. The van der Waals surface area contributed by atoms with Crippen LogP contribution < -0.4 is 10.1 Å². The highest BCUT2D eigenvalue weighted by molar-refractivity contribution is 5.40. The van der Waals surface area contributed by atoms with Crippen LogP contribution in [0.25, 0.3) is 0 Å². The summed E-state index contributed by atoms with van der Waals surface area (Å²) < 4.78 is 43.8. The van der Waals surface area contributed by atoms with Crippen molar-refractivity contribution in [3.8, 4) is 5.75 Å². The predicted octanol–water partition coefficient (Wildman–Crippen LogP) is 2.87. The van der Waals surface area contributed by atoms with Gasteiger partial charge < -0.3 is 10.1 Å². The highest BCUT2D eigenvalue weighted by Crippen LogP contribution is 2.38. The maximum absolute atomic E-state index is 12.9. The Bertz CT molecular complexity index is 377. The molecule has 0 aliphatic heterocycles. The number of hydrogen-bond donors (Lipinski definition) is 1. The van der Waals surface area contributed by atoms with Gasteiger partial charge in [-0.25, -0.2) is 0 Å². The monoisotopic (exact) mass is 247 g/mol. The van der Waals surface area contributed by atoms with Crippen molar-refractivity contribution in [2.45, 2.75) is 19.0 Å². The van der Waals surface area contributed by atoms with E-state index in [1.54, 1.807) is 12.1 Å². The average Bonchev–Trinajstić information content (AvgIpc) is 2.25. The largest absolute Gasteiger partial charge is 0.496 e. The molecule has 2 nitrogen and oxygen atoms in total. The van der Waals surface area contributed by atoms with Gasteiger partial charge in [0, 0.05) is 12.1 Å². The summed E-state index contributed by atoms with van der Waals surface area (Å²) >= 11 is 0. The lowest BCUT2D eigenvalue weighted by Gasteiger charge is -2.22. The first-order chi connectivity index (χ1) is 7.90. The van der Waals surface area contributed by atoms with Gasteiger partial charge in [-0.05, 0) is 25.6 Å². The molecule has 0 amide bonds. The van der Waals surface area contributed by atoms with Crippen molar-refractivity contribution in [3.63, 3.8) is 0 Å². The van der Waals surface area contributed by atoms with Crippen molar-refractivity contribution < 1.29 is 17.9 Å². The number of rotatable bonds is 4. The zero-order valence-corrected chi connectivity index (χ0v) is 10.1. The molecule has 0 saturated heterocycles. The third-order valence-corrected chi connectivity index (χ3v) is 2.57. The van der Waals surface area contributed by atoms with Crippen LogP contribution in [0.2, 0.25) is 0 Å². The second kappa shape index (κ2) is 5.40. The molecular formula is C12H16F3NO. The molecule has 5 heteroatoms. The molecule has 0 aliphatic carbocycles. The molecule has 0 saturated carbocycles. The van der Waals surface area contributed by atoms with E-state index in [1.807, 2.05) is 6.92 Å². The van der Waals surface area contributed by atoms with Crippen molar-refractivity contribution >= 4 is 0 Å². The first-order valence-corrected chi connectivity index (χ1v) is 5.26. The van der Waals surface area contributed by atoms with E-state index in [0.29, 0.717) is 0 Å². The van der Waals surface area contributed by atoms with E-state index in [2.05, 4.69) is 5.32 Å². The molecule has 1 N–H and O–H groups in total. The van der Waals surface area contributed by atoms with Crippen molar-refractivity contribution in [3.05, 3.63) is 29.3 Å². The molecule has 1 unspecified atom stereocenters. The maximum atomic E-state index is 12.9. The van der Waals surface area contributed by atoms with E-state index < -0.39 is 12.1 Å². The fraction of sp³-hybridized carbons (Fsp3) is 0.500. The van der Waals surface area contributed by atoms with Crippen LogP contribution in [0.1, 0.15) is 17.0 Å². The molecule has 17 heavy (non-hydrogen) atoms. The summed E-state index contributed by atoms with van der Waals surface area (Å²) in [6.45, 7) is 1.65. The highest BCUT2D eigenvalue weighted by Gasteiger charge is 2.41. The number of hydrogen-bond acceptors (Lipinski definition) is 2. The first kappa shape index (κ1) is 13.8. The molecule has 0 fully saturated rings. The van der Waals surface area contributed by atoms with E-state index >= 15 is 0 Å². The van der Waals surface area contributed by atoms with Crippen LogP contribution in [-0.4, -0.2) is 26.9 Å². The lowest BCUT2D eigenvalue weighted by Crippen LogP contribution is -2.30. The number of benzene rings is 1. The molecule has 0 spiro atoms. The van der Waals surface area contributed by atoms with Gasteiger partial charge in [0.25, 0.3) is 0 Å². The van der Waals surface area contributed by atoms with Gasteiger partial charge in [-0.1, -0.05) is 12.1 Å². The second-order valence-electron chi connectivity index (χ2n) is 3.90. The number of likely N-dealkylation sites (N-methyl/N-ethyl adjacent to an activating group) is 1. The first-order valence-electron chi connectivity index (χ1n) is 5.26. The Labute approximate surface area is 98.8 Å². The number of methoxy groups -OCH3 is 1. The lowest BCUT2D eigenvalue weighted by atomic mass is 9.96. The van der Waals surface area contributed by atoms with Gasteiger partial charge in [-0.3, -0.25) is 0 Å². The van der Waals surface area contributed by atoms with Crippen LogP contribution in [0.3, 0.4) is 0 Å². The van der Waals surface area contributed by atoms with Crippen molar-refractivity contribution in [2.75, 3.05) is 20.7 Å². The van der Waals surface area contributed by atoms with E-state index in [1.165, 1.54) is 20.2 Å². The lowest BCUT2D eigenvalue weighted by molar-refractivity contribution is -0.149. The van der Waals surface area contributed by atoms with E-state index in [0.717, 1.165) is 5.56 Å². The molecule has 1 aromatic carbocycles. The summed E-state index contributed by atoms with van der Waals surface area (Å²) in [5.41, 5.74) is 1.04. The van der Waals surface area contributed by atoms with Gasteiger partial charge in [0.15, 0.2) is 0 Å². The zero-order valence-electron chi connectivity index (χ0n) is 10.1. The minimum atomic E-state index is -4.29. The number of alkyl halides is 3. The second-order valence-corrected chi connectivity index (χ2v) is 3.90. The van der Waals surface area contributed by atoms with Gasteiger partial charge in [-0.2, -0.15) is 13.2 Å². The van der Waals surface area contributed by atoms with Gasteiger partial charge in [0.05, 0.1) is 13.0 Å². The third-order valence-electron chi connectivity index (χ3n) is 2.57. The summed E-state index contributed by atoms with van der Waals surface area (Å²) in [5.74, 6) is -1.27. The van der Waals surface area contributed by atoms with Crippen LogP contribution in [0, 0.1) is 6.92 Å². The molecule has 0 radical (unpaired) electrons. The van der Waals surface area contributed by atoms with Crippen LogP contribution >= 0.6 is 0 Å². The topological polar surface area (TPSA) is 21.3 Å². The fourth-order valence-electron chi connectivity index (χ4n) is 1.71. The number of aryl methyl sites for hydroxylation is 1. The Morgan fingerprint density at radius 2 is 2.00 bits per heavy atom. The molecule has 0 bridgehead atoms. The molecule has 96 valence electrons. The van der Waals surface area contributed by atoms with Crippen LogP contribution in [-0.2, 0) is 0 Å². The highest BCUT2D eigenvalue weighted by atomic mass is 19.4. The van der Waals surface area contributed by atoms with Crippen LogP contribution in [0.5, 0.6) is 5.75 Å². The van der Waals surface area contributed by atoms with Gasteiger partial charge in [0.2, 0.25) is 0 Å². The maximum Gasteiger partial charge on any atom is 0.397 e. The smallest absolute Gasteiger partial charge is 0.397 e. The molecule has 1 rings (SSSR count). The summed E-state index contributed by atoms with van der Waals surface area (Å²) in [6, 6.07) is 4.75. The van der Waals surface area contributed by atoms with Crippen LogP contribution in [0.4, 0.5) is 13.2 Å².